The molecule has 1 N–H and O–H groups in total. The molecule has 0 aliphatic rings. The van der Waals surface area contributed by atoms with Crippen molar-refractivity contribution in [1.29, 1.82) is 0 Å². The van der Waals surface area contributed by atoms with Crippen LogP contribution in [0.5, 0.6) is 0 Å². The number of nitrogens with zero attached hydrogens (tertiary/aromatic N) is 1. The minimum absolute atomic E-state index is 0.276. The molecule has 1 heterocycles. The van der Waals surface area contributed by atoms with Crippen molar-refractivity contribution in [2.75, 3.05) is 5.32 Å². The summed E-state index contributed by atoms with van der Waals surface area (Å²) in [6.45, 7) is 2.30. The van der Waals surface area contributed by atoms with E-state index in [1.54, 1.807) is 24.4 Å². The van der Waals surface area contributed by atoms with Crippen molar-refractivity contribution in [3.8, 4) is 11.3 Å². The molecule has 0 aliphatic carbocycles. The van der Waals surface area contributed by atoms with Crippen molar-refractivity contribution in [3.05, 3.63) is 71.0 Å². The number of halogens is 2. The topological polar surface area (TPSA) is 38.1 Å². The van der Waals surface area contributed by atoms with Gasteiger partial charge in [0.05, 0.1) is 12.7 Å². The summed E-state index contributed by atoms with van der Waals surface area (Å²) in [6, 6.07) is 12.0. The molecule has 0 aliphatic heterocycles. The maximum Gasteiger partial charge on any atom is 0.214 e. The van der Waals surface area contributed by atoms with Crippen molar-refractivity contribution in [2.24, 2.45) is 0 Å². The second-order valence-electron chi connectivity index (χ2n) is 4.94. The zero-order valence-corrected chi connectivity index (χ0v) is 12.7. The molecule has 2 aromatic carbocycles. The van der Waals surface area contributed by atoms with Gasteiger partial charge in [-0.15, -0.1) is 0 Å². The first-order chi connectivity index (χ1) is 10.6. The zero-order chi connectivity index (χ0) is 15.5. The van der Waals surface area contributed by atoms with Gasteiger partial charge in [-0.1, -0.05) is 17.7 Å². The molecule has 3 rings (SSSR count). The van der Waals surface area contributed by atoms with Crippen LogP contribution >= 0.6 is 11.6 Å². The van der Waals surface area contributed by atoms with Gasteiger partial charge in [0.2, 0.25) is 5.89 Å². The molecule has 3 aromatic rings. The molecule has 1 aromatic heterocycles. The van der Waals surface area contributed by atoms with Gasteiger partial charge < -0.3 is 9.73 Å². The van der Waals surface area contributed by atoms with E-state index >= 15 is 0 Å². The van der Waals surface area contributed by atoms with Gasteiger partial charge in [-0.3, -0.25) is 0 Å². The Morgan fingerprint density at radius 1 is 1.18 bits per heavy atom. The monoisotopic (exact) mass is 316 g/mol. The number of aryl methyl sites for hydroxylation is 1. The summed E-state index contributed by atoms with van der Waals surface area (Å²) in [5, 5.41) is 3.80. The first-order valence-electron chi connectivity index (χ1n) is 6.82. The van der Waals surface area contributed by atoms with Gasteiger partial charge in [0.1, 0.15) is 5.82 Å². The number of oxazole rings is 1. The highest BCUT2D eigenvalue weighted by atomic mass is 35.5. The van der Waals surface area contributed by atoms with Crippen LogP contribution in [-0.2, 0) is 6.54 Å². The Labute approximate surface area is 132 Å². The second-order valence-corrected chi connectivity index (χ2v) is 5.37. The standard InChI is InChI=1S/C17H14ClFN2O/c1-11-2-7-14(19)8-15(11)20-10-17-21-9-16(22-17)12-3-5-13(18)6-4-12/h2-9,20H,10H2,1H3. The van der Waals surface area contributed by atoms with E-state index in [0.29, 0.717) is 23.2 Å². The third-order valence-corrected chi connectivity index (χ3v) is 3.56. The molecule has 0 unspecified atom stereocenters. The molecular formula is C17H14ClFN2O. The molecule has 0 fully saturated rings. The van der Waals surface area contributed by atoms with Gasteiger partial charge in [0.15, 0.2) is 5.76 Å². The highest BCUT2D eigenvalue weighted by Gasteiger charge is 2.07. The molecule has 0 bridgehead atoms. The number of benzene rings is 2. The maximum atomic E-state index is 13.2. The Kier molecular flexibility index (Phi) is 4.11. The van der Waals surface area contributed by atoms with Crippen LogP contribution in [0.25, 0.3) is 11.3 Å². The summed E-state index contributed by atoms with van der Waals surface area (Å²) >= 11 is 5.86. The SMILES string of the molecule is Cc1ccc(F)cc1NCc1ncc(-c2ccc(Cl)cc2)o1. The van der Waals surface area contributed by atoms with E-state index in [4.69, 9.17) is 16.0 Å². The van der Waals surface area contributed by atoms with Crippen molar-refractivity contribution in [1.82, 2.24) is 4.98 Å². The highest BCUT2D eigenvalue weighted by molar-refractivity contribution is 6.30. The van der Waals surface area contributed by atoms with Crippen LogP contribution in [0.15, 0.2) is 53.1 Å². The summed E-state index contributed by atoms with van der Waals surface area (Å²) < 4.78 is 18.9. The largest absolute Gasteiger partial charge is 0.439 e. The molecule has 0 saturated carbocycles. The number of aromatic nitrogens is 1. The fourth-order valence-corrected chi connectivity index (χ4v) is 2.22. The predicted molar refractivity (Wildman–Crippen MR) is 85.4 cm³/mol. The van der Waals surface area contributed by atoms with Crippen molar-refractivity contribution >= 4 is 17.3 Å². The Balaban J connectivity index is 1.72. The zero-order valence-electron chi connectivity index (χ0n) is 11.9. The lowest BCUT2D eigenvalue weighted by atomic mass is 10.2. The lowest BCUT2D eigenvalue weighted by Gasteiger charge is -2.07. The Morgan fingerprint density at radius 3 is 2.73 bits per heavy atom. The van der Waals surface area contributed by atoms with E-state index in [1.165, 1.54) is 12.1 Å². The Morgan fingerprint density at radius 2 is 1.95 bits per heavy atom. The molecule has 0 amide bonds. The number of rotatable bonds is 4. The fraction of sp³-hybridized carbons (Fsp3) is 0.118. The van der Waals surface area contributed by atoms with Gasteiger partial charge in [0, 0.05) is 16.3 Å². The molecule has 0 spiro atoms. The van der Waals surface area contributed by atoms with E-state index in [0.717, 1.165) is 16.8 Å². The number of anilines is 1. The lowest BCUT2D eigenvalue weighted by Crippen LogP contribution is -2.01. The maximum absolute atomic E-state index is 13.2. The predicted octanol–water partition coefficient (Wildman–Crippen LogP) is 5.05. The van der Waals surface area contributed by atoms with Gasteiger partial charge >= 0.3 is 0 Å². The summed E-state index contributed by atoms with van der Waals surface area (Å²) in [5.41, 5.74) is 2.60. The quantitative estimate of drug-likeness (QED) is 0.731. The van der Waals surface area contributed by atoms with Crippen LogP contribution < -0.4 is 5.32 Å². The van der Waals surface area contributed by atoms with Crippen LogP contribution in [0, 0.1) is 12.7 Å². The van der Waals surface area contributed by atoms with Gasteiger partial charge in [0.25, 0.3) is 0 Å². The van der Waals surface area contributed by atoms with Crippen molar-refractivity contribution < 1.29 is 8.81 Å². The van der Waals surface area contributed by atoms with Crippen LogP contribution in [0.4, 0.5) is 10.1 Å². The second kappa shape index (κ2) is 6.20. The molecule has 3 nitrogen and oxygen atoms in total. The van der Waals surface area contributed by atoms with Crippen LogP contribution in [0.1, 0.15) is 11.5 Å². The van der Waals surface area contributed by atoms with E-state index in [1.807, 2.05) is 19.1 Å². The third-order valence-electron chi connectivity index (χ3n) is 3.31. The van der Waals surface area contributed by atoms with Crippen molar-refractivity contribution in [3.63, 3.8) is 0 Å². The molecule has 0 saturated heterocycles. The summed E-state index contributed by atoms with van der Waals surface area (Å²) in [4.78, 5) is 4.23. The normalized spacial score (nSPS) is 10.7. The Bertz CT molecular complexity index is 784. The van der Waals surface area contributed by atoms with Gasteiger partial charge in [-0.05, 0) is 48.9 Å². The van der Waals surface area contributed by atoms with Gasteiger partial charge in [-0.25, -0.2) is 9.37 Å². The third kappa shape index (κ3) is 3.28. The summed E-state index contributed by atoms with van der Waals surface area (Å²) in [5.74, 6) is 0.931. The average Bonchev–Trinajstić information content (AvgIpc) is 2.98. The van der Waals surface area contributed by atoms with Crippen molar-refractivity contribution in [2.45, 2.75) is 13.5 Å². The number of hydrogen-bond acceptors (Lipinski definition) is 3. The van der Waals surface area contributed by atoms with E-state index < -0.39 is 0 Å². The highest BCUT2D eigenvalue weighted by Crippen LogP contribution is 2.23. The molecular weight excluding hydrogens is 303 g/mol. The molecule has 0 radical (unpaired) electrons. The van der Waals surface area contributed by atoms with Gasteiger partial charge in [-0.2, -0.15) is 0 Å². The minimum Gasteiger partial charge on any atom is -0.439 e. The van der Waals surface area contributed by atoms with Crippen LogP contribution in [0.3, 0.4) is 0 Å². The van der Waals surface area contributed by atoms with Crippen LogP contribution in [-0.4, -0.2) is 4.98 Å². The molecule has 112 valence electrons. The number of nitrogens with one attached hydrogen (secondary N) is 1. The number of hydrogen-bond donors (Lipinski definition) is 1. The first kappa shape index (κ1) is 14.6. The molecule has 5 heteroatoms. The smallest absolute Gasteiger partial charge is 0.214 e. The first-order valence-corrected chi connectivity index (χ1v) is 7.20. The lowest BCUT2D eigenvalue weighted by molar-refractivity contribution is 0.516. The Hall–Kier alpha value is -2.33. The van der Waals surface area contributed by atoms with E-state index in [9.17, 15) is 4.39 Å². The molecule has 0 atom stereocenters. The van der Waals surface area contributed by atoms with E-state index in [2.05, 4.69) is 10.3 Å². The van der Waals surface area contributed by atoms with Crippen LogP contribution in [0.2, 0.25) is 5.02 Å². The van der Waals surface area contributed by atoms with E-state index in [-0.39, 0.29) is 5.82 Å². The average molecular weight is 317 g/mol. The molecule has 22 heavy (non-hydrogen) atoms. The fourth-order valence-electron chi connectivity index (χ4n) is 2.10. The minimum atomic E-state index is -0.276. The summed E-state index contributed by atoms with van der Waals surface area (Å²) in [6.07, 6.45) is 1.67. The summed E-state index contributed by atoms with van der Waals surface area (Å²) in [7, 11) is 0.